The molecule has 0 aromatic carbocycles. The van der Waals surface area contributed by atoms with Crippen LogP contribution in [-0.2, 0) is 21.5 Å². The van der Waals surface area contributed by atoms with E-state index >= 15 is 0 Å². The van der Waals surface area contributed by atoms with Gasteiger partial charge in [-0.15, -0.1) is 0 Å². The molecule has 1 saturated heterocycles. The summed E-state index contributed by atoms with van der Waals surface area (Å²) in [5, 5.41) is 0. The molecule has 2 rings (SSSR count). The minimum atomic E-state index is -0.437. The van der Waals surface area contributed by atoms with Crippen molar-refractivity contribution in [3.8, 4) is 0 Å². The van der Waals surface area contributed by atoms with E-state index in [9.17, 15) is 4.79 Å². The summed E-state index contributed by atoms with van der Waals surface area (Å²) in [4.78, 5) is 21.0. The number of aromatic nitrogens is 2. The molecule has 0 aliphatic carbocycles. The molecule has 1 aliphatic rings. The number of ether oxygens (including phenoxy) is 2. The molecule has 0 radical (unpaired) electrons. The highest BCUT2D eigenvalue weighted by Crippen LogP contribution is 2.32. The van der Waals surface area contributed by atoms with Crippen LogP contribution in [0.4, 0.5) is 0 Å². The summed E-state index contributed by atoms with van der Waals surface area (Å²) in [6.07, 6.45) is 6.35. The van der Waals surface area contributed by atoms with E-state index in [0.717, 1.165) is 44.4 Å². The number of carbonyl (C=O) groups is 1. The molecule has 1 aromatic rings. The SMILES string of the molecule is CCCc1nc(C2(C)CCCCO2)ncc1C(=O)OCC. The molecule has 0 amide bonds. The third-order valence-electron chi connectivity index (χ3n) is 3.79. The van der Waals surface area contributed by atoms with Crippen LogP contribution in [0.15, 0.2) is 6.20 Å². The lowest BCUT2D eigenvalue weighted by atomic mass is 9.94. The predicted molar refractivity (Wildman–Crippen MR) is 79.1 cm³/mol. The highest BCUT2D eigenvalue weighted by Gasteiger charge is 2.33. The first-order valence-electron chi connectivity index (χ1n) is 7.78. The fourth-order valence-corrected chi connectivity index (χ4v) is 2.59. The van der Waals surface area contributed by atoms with Gasteiger partial charge in [-0.25, -0.2) is 14.8 Å². The molecule has 0 saturated carbocycles. The summed E-state index contributed by atoms with van der Waals surface area (Å²) < 4.78 is 11.0. The van der Waals surface area contributed by atoms with Gasteiger partial charge >= 0.3 is 5.97 Å². The maximum Gasteiger partial charge on any atom is 0.341 e. The summed E-state index contributed by atoms with van der Waals surface area (Å²) in [6, 6.07) is 0. The van der Waals surface area contributed by atoms with Crippen molar-refractivity contribution in [1.29, 1.82) is 0 Å². The topological polar surface area (TPSA) is 61.3 Å². The van der Waals surface area contributed by atoms with Gasteiger partial charge in [0, 0.05) is 12.8 Å². The number of carbonyl (C=O) groups excluding carboxylic acids is 1. The Morgan fingerprint density at radius 2 is 2.24 bits per heavy atom. The van der Waals surface area contributed by atoms with Gasteiger partial charge in [-0.3, -0.25) is 0 Å². The largest absolute Gasteiger partial charge is 0.462 e. The van der Waals surface area contributed by atoms with Crippen LogP contribution >= 0.6 is 0 Å². The van der Waals surface area contributed by atoms with Gasteiger partial charge in [0.15, 0.2) is 5.82 Å². The number of hydrogen-bond donors (Lipinski definition) is 0. The van der Waals surface area contributed by atoms with Crippen molar-refractivity contribution in [2.24, 2.45) is 0 Å². The zero-order valence-electron chi connectivity index (χ0n) is 13.1. The minimum Gasteiger partial charge on any atom is -0.462 e. The molecule has 116 valence electrons. The molecule has 1 unspecified atom stereocenters. The summed E-state index contributed by atoms with van der Waals surface area (Å²) in [6.45, 7) is 6.98. The molecule has 1 fully saturated rings. The number of aryl methyl sites for hydroxylation is 1. The van der Waals surface area contributed by atoms with E-state index in [-0.39, 0.29) is 5.97 Å². The highest BCUT2D eigenvalue weighted by atomic mass is 16.5. The average Bonchev–Trinajstić information content (AvgIpc) is 2.48. The highest BCUT2D eigenvalue weighted by molar-refractivity contribution is 5.90. The first-order chi connectivity index (χ1) is 10.1. The maximum absolute atomic E-state index is 12.0. The molecule has 1 atom stereocenters. The van der Waals surface area contributed by atoms with Gasteiger partial charge in [0.25, 0.3) is 0 Å². The van der Waals surface area contributed by atoms with Crippen molar-refractivity contribution in [3.05, 3.63) is 23.3 Å². The van der Waals surface area contributed by atoms with E-state index in [0.29, 0.717) is 18.0 Å². The molecule has 5 heteroatoms. The minimum absolute atomic E-state index is 0.345. The van der Waals surface area contributed by atoms with E-state index in [2.05, 4.69) is 16.9 Å². The Hall–Kier alpha value is -1.49. The van der Waals surface area contributed by atoms with Gasteiger partial charge in [-0.1, -0.05) is 13.3 Å². The quantitative estimate of drug-likeness (QED) is 0.781. The zero-order chi connectivity index (χ0) is 15.3. The van der Waals surface area contributed by atoms with Crippen molar-refractivity contribution in [1.82, 2.24) is 9.97 Å². The molecule has 5 nitrogen and oxygen atoms in total. The van der Waals surface area contributed by atoms with E-state index < -0.39 is 5.60 Å². The van der Waals surface area contributed by atoms with Crippen LogP contribution in [0.1, 0.15) is 68.3 Å². The first-order valence-corrected chi connectivity index (χ1v) is 7.78. The van der Waals surface area contributed by atoms with Crippen molar-refractivity contribution >= 4 is 5.97 Å². The van der Waals surface area contributed by atoms with Crippen LogP contribution in [0.3, 0.4) is 0 Å². The third-order valence-corrected chi connectivity index (χ3v) is 3.79. The Labute approximate surface area is 126 Å². The maximum atomic E-state index is 12.0. The van der Waals surface area contributed by atoms with Crippen LogP contribution in [-0.4, -0.2) is 29.2 Å². The Kier molecular flexibility index (Phi) is 5.28. The van der Waals surface area contributed by atoms with E-state index in [1.165, 1.54) is 0 Å². The van der Waals surface area contributed by atoms with Crippen molar-refractivity contribution in [2.45, 2.75) is 58.5 Å². The van der Waals surface area contributed by atoms with Gasteiger partial charge in [-0.2, -0.15) is 0 Å². The Morgan fingerprint density at radius 1 is 1.43 bits per heavy atom. The lowest BCUT2D eigenvalue weighted by Gasteiger charge is -2.32. The molecule has 21 heavy (non-hydrogen) atoms. The fraction of sp³-hybridized carbons (Fsp3) is 0.688. The Bertz CT molecular complexity index is 496. The van der Waals surface area contributed by atoms with Crippen LogP contribution in [0.2, 0.25) is 0 Å². The van der Waals surface area contributed by atoms with Crippen molar-refractivity contribution < 1.29 is 14.3 Å². The summed E-state index contributed by atoms with van der Waals surface area (Å²) in [5.74, 6) is 0.334. The summed E-state index contributed by atoms with van der Waals surface area (Å²) in [7, 11) is 0. The normalized spacial score (nSPS) is 22.0. The van der Waals surface area contributed by atoms with Gasteiger partial charge in [0.2, 0.25) is 0 Å². The smallest absolute Gasteiger partial charge is 0.341 e. The summed E-state index contributed by atoms with van der Waals surface area (Å²) >= 11 is 0. The molecule has 0 N–H and O–H groups in total. The second-order valence-corrected chi connectivity index (χ2v) is 5.56. The average molecular weight is 292 g/mol. The van der Waals surface area contributed by atoms with Gasteiger partial charge < -0.3 is 9.47 Å². The monoisotopic (exact) mass is 292 g/mol. The lowest BCUT2D eigenvalue weighted by molar-refractivity contribution is -0.0762. The number of hydrogen-bond acceptors (Lipinski definition) is 5. The Balaban J connectivity index is 2.33. The summed E-state index contributed by atoms with van der Waals surface area (Å²) in [5.41, 5.74) is 0.798. The standard InChI is InChI=1S/C16H24N2O3/c1-4-8-13-12(14(19)20-5-2)11-17-15(18-13)16(3)9-6-7-10-21-16/h11H,4-10H2,1-3H3. The van der Waals surface area contributed by atoms with Gasteiger partial charge in [0.1, 0.15) is 5.60 Å². The number of esters is 1. The zero-order valence-corrected chi connectivity index (χ0v) is 13.1. The van der Waals surface area contributed by atoms with E-state index in [1.807, 2.05) is 6.92 Å². The van der Waals surface area contributed by atoms with Crippen molar-refractivity contribution in [2.75, 3.05) is 13.2 Å². The molecule has 1 aromatic heterocycles. The van der Waals surface area contributed by atoms with Crippen LogP contribution in [0, 0.1) is 0 Å². The lowest BCUT2D eigenvalue weighted by Crippen LogP contribution is -2.33. The fourth-order valence-electron chi connectivity index (χ4n) is 2.59. The third kappa shape index (κ3) is 3.59. The van der Waals surface area contributed by atoms with Crippen LogP contribution < -0.4 is 0 Å². The first kappa shape index (κ1) is 15.9. The second-order valence-electron chi connectivity index (χ2n) is 5.56. The molecular weight excluding hydrogens is 268 g/mol. The van der Waals surface area contributed by atoms with Crippen molar-refractivity contribution in [3.63, 3.8) is 0 Å². The molecular formula is C16H24N2O3. The Morgan fingerprint density at radius 3 is 2.86 bits per heavy atom. The molecule has 2 heterocycles. The van der Waals surface area contributed by atoms with E-state index in [4.69, 9.17) is 9.47 Å². The predicted octanol–water partition coefficient (Wildman–Crippen LogP) is 3.02. The van der Waals surface area contributed by atoms with Crippen LogP contribution in [0.5, 0.6) is 0 Å². The second kappa shape index (κ2) is 6.98. The van der Waals surface area contributed by atoms with E-state index in [1.54, 1.807) is 13.1 Å². The number of nitrogens with zero attached hydrogens (tertiary/aromatic N) is 2. The van der Waals surface area contributed by atoms with Crippen LogP contribution in [0.25, 0.3) is 0 Å². The van der Waals surface area contributed by atoms with Gasteiger partial charge in [-0.05, 0) is 39.5 Å². The molecule has 0 bridgehead atoms. The van der Waals surface area contributed by atoms with Gasteiger partial charge in [0.05, 0.1) is 17.9 Å². The molecule has 0 spiro atoms. The number of rotatable bonds is 5. The molecule has 1 aliphatic heterocycles.